The van der Waals surface area contributed by atoms with Crippen molar-refractivity contribution >= 4 is 23.6 Å². The van der Waals surface area contributed by atoms with Crippen LogP contribution in [0.4, 0.5) is 0 Å². The Balaban J connectivity index is -0.000000286. The summed E-state index contributed by atoms with van der Waals surface area (Å²) in [6.45, 7) is 6.38. The summed E-state index contributed by atoms with van der Waals surface area (Å²) in [6.07, 6.45) is 8.35. The fraction of sp³-hybridized carbons (Fsp3) is 0.200. The van der Waals surface area contributed by atoms with Gasteiger partial charge in [-0.25, -0.2) is 0 Å². The van der Waals surface area contributed by atoms with Crippen LogP contribution in [0.3, 0.4) is 0 Å². The lowest BCUT2D eigenvalue weighted by atomic mass is 10.3. The first kappa shape index (κ1) is 24.8. The van der Waals surface area contributed by atoms with Crippen LogP contribution in [-0.2, 0) is 19.2 Å². The SMILES string of the molecule is C=CC(=O)N(C)C.C=CC(N)=O.NC(=O)C=CCC=CC(N)=O. The number of amides is 4. The van der Waals surface area contributed by atoms with Gasteiger partial charge in [-0.2, -0.15) is 0 Å². The van der Waals surface area contributed by atoms with Gasteiger partial charge in [-0.05, 0) is 30.7 Å². The molecular formula is C15H24N4O4. The number of allylic oxidation sites excluding steroid dienone is 2. The third kappa shape index (κ3) is 32.4. The predicted octanol–water partition coefficient (Wildman–Crippen LogP) is -0.622. The Morgan fingerprint density at radius 2 is 1.17 bits per heavy atom. The largest absolute Gasteiger partial charge is 0.366 e. The van der Waals surface area contributed by atoms with E-state index in [9.17, 15) is 19.2 Å². The van der Waals surface area contributed by atoms with Gasteiger partial charge in [0.05, 0.1) is 0 Å². The molecule has 0 unspecified atom stereocenters. The second kappa shape index (κ2) is 16.9. The van der Waals surface area contributed by atoms with Crippen molar-refractivity contribution in [1.29, 1.82) is 0 Å². The van der Waals surface area contributed by atoms with Crippen LogP contribution in [0.1, 0.15) is 6.42 Å². The lowest BCUT2D eigenvalue weighted by Gasteiger charge is -2.03. The Hall–Kier alpha value is -3.16. The molecule has 0 radical (unpaired) electrons. The van der Waals surface area contributed by atoms with E-state index in [0.717, 1.165) is 6.08 Å². The maximum atomic E-state index is 10.3. The van der Waals surface area contributed by atoms with Crippen molar-refractivity contribution in [3.8, 4) is 0 Å². The molecule has 0 saturated carbocycles. The van der Waals surface area contributed by atoms with Crippen LogP contribution in [0.25, 0.3) is 0 Å². The van der Waals surface area contributed by atoms with Crippen molar-refractivity contribution in [2.24, 2.45) is 17.2 Å². The molecule has 0 aliphatic carbocycles. The van der Waals surface area contributed by atoms with Crippen LogP contribution >= 0.6 is 0 Å². The smallest absolute Gasteiger partial charge is 0.245 e. The molecule has 8 nitrogen and oxygen atoms in total. The Morgan fingerprint density at radius 3 is 1.30 bits per heavy atom. The first-order valence-corrected chi connectivity index (χ1v) is 6.25. The summed E-state index contributed by atoms with van der Waals surface area (Å²) >= 11 is 0. The van der Waals surface area contributed by atoms with Crippen molar-refractivity contribution in [2.45, 2.75) is 6.42 Å². The number of carbonyl (C=O) groups is 4. The zero-order chi connectivity index (χ0) is 18.8. The second-order valence-electron chi connectivity index (χ2n) is 3.89. The summed E-state index contributed by atoms with van der Waals surface area (Å²) in [6, 6.07) is 0. The topological polar surface area (TPSA) is 150 Å². The normalized spacial score (nSPS) is 8.96. The quantitative estimate of drug-likeness (QED) is 0.558. The van der Waals surface area contributed by atoms with Crippen LogP contribution in [0.15, 0.2) is 49.6 Å². The van der Waals surface area contributed by atoms with Gasteiger partial charge in [0.15, 0.2) is 0 Å². The van der Waals surface area contributed by atoms with E-state index in [0.29, 0.717) is 6.42 Å². The molecular weight excluding hydrogens is 300 g/mol. The zero-order valence-corrected chi connectivity index (χ0v) is 13.4. The fourth-order valence-corrected chi connectivity index (χ4v) is 0.630. The molecule has 0 fully saturated rings. The molecule has 0 bridgehead atoms. The van der Waals surface area contributed by atoms with Crippen LogP contribution in [0.2, 0.25) is 0 Å². The average molecular weight is 324 g/mol. The molecule has 0 rings (SSSR count). The molecule has 0 spiro atoms. The number of likely N-dealkylation sites (N-methyl/N-ethyl adjacent to an activating group) is 1. The Kier molecular flexibility index (Phi) is 18.2. The molecule has 0 aromatic rings. The standard InChI is InChI=1S/C7H10N2O2.C5H9NO.C3H5NO/c8-6(10)4-2-1-3-5-7(9)11;1-4-5(7)6(2)3;1-2-3(4)5/h2-5H,1H2,(H2,8,10)(H2,9,11);4H,1H2,2-3H3;2H,1H2,(H2,4,5). The van der Waals surface area contributed by atoms with Crippen LogP contribution in [-0.4, -0.2) is 42.6 Å². The van der Waals surface area contributed by atoms with E-state index in [2.05, 4.69) is 18.9 Å². The van der Waals surface area contributed by atoms with E-state index in [1.807, 2.05) is 0 Å². The minimum absolute atomic E-state index is 0.0556. The van der Waals surface area contributed by atoms with E-state index in [1.54, 1.807) is 26.2 Å². The third-order valence-electron chi connectivity index (χ3n) is 1.65. The molecule has 8 heteroatoms. The summed E-state index contributed by atoms with van der Waals surface area (Å²) in [7, 11) is 3.37. The van der Waals surface area contributed by atoms with Gasteiger partial charge in [-0.15, -0.1) is 0 Å². The van der Waals surface area contributed by atoms with Crippen molar-refractivity contribution in [1.82, 2.24) is 4.90 Å². The molecule has 0 aromatic heterocycles. The van der Waals surface area contributed by atoms with E-state index in [1.165, 1.54) is 23.1 Å². The lowest BCUT2D eigenvalue weighted by molar-refractivity contribution is -0.123. The highest BCUT2D eigenvalue weighted by Gasteiger charge is 1.91. The monoisotopic (exact) mass is 324 g/mol. The first-order valence-electron chi connectivity index (χ1n) is 6.25. The van der Waals surface area contributed by atoms with E-state index >= 15 is 0 Å². The maximum Gasteiger partial charge on any atom is 0.245 e. The van der Waals surface area contributed by atoms with Crippen molar-refractivity contribution < 1.29 is 19.2 Å². The molecule has 0 saturated heterocycles. The Morgan fingerprint density at radius 1 is 0.826 bits per heavy atom. The molecule has 128 valence electrons. The molecule has 0 aromatic carbocycles. The summed E-state index contributed by atoms with van der Waals surface area (Å²) < 4.78 is 0. The van der Waals surface area contributed by atoms with Gasteiger partial charge < -0.3 is 22.1 Å². The number of nitrogens with zero attached hydrogens (tertiary/aromatic N) is 1. The van der Waals surface area contributed by atoms with Gasteiger partial charge in [-0.3, -0.25) is 19.2 Å². The maximum absolute atomic E-state index is 10.3. The molecule has 0 aliphatic heterocycles. The van der Waals surface area contributed by atoms with Gasteiger partial charge in [0.25, 0.3) is 0 Å². The second-order valence-corrected chi connectivity index (χ2v) is 3.89. The van der Waals surface area contributed by atoms with Gasteiger partial charge in [0.2, 0.25) is 23.6 Å². The number of primary amides is 3. The average Bonchev–Trinajstić information content (AvgIpc) is 2.46. The van der Waals surface area contributed by atoms with Crippen molar-refractivity contribution in [3.05, 3.63) is 49.6 Å². The summed E-state index contributed by atoms with van der Waals surface area (Å²) in [4.78, 5) is 41.5. The van der Waals surface area contributed by atoms with Crippen molar-refractivity contribution in [2.75, 3.05) is 14.1 Å². The number of nitrogens with two attached hydrogens (primary N) is 3. The number of rotatable bonds is 6. The predicted molar refractivity (Wildman–Crippen MR) is 89.6 cm³/mol. The van der Waals surface area contributed by atoms with Crippen LogP contribution < -0.4 is 17.2 Å². The van der Waals surface area contributed by atoms with Gasteiger partial charge in [-0.1, -0.05) is 25.3 Å². The van der Waals surface area contributed by atoms with Gasteiger partial charge in [0.1, 0.15) is 0 Å². The van der Waals surface area contributed by atoms with Gasteiger partial charge >= 0.3 is 0 Å². The minimum atomic E-state index is -0.502. The fourth-order valence-electron chi connectivity index (χ4n) is 0.630. The van der Waals surface area contributed by atoms with Crippen molar-refractivity contribution in [3.63, 3.8) is 0 Å². The highest BCUT2D eigenvalue weighted by molar-refractivity contribution is 5.87. The Bertz CT molecular complexity index is 458. The summed E-state index contributed by atoms with van der Waals surface area (Å²) in [5, 5.41) is 0. The van der Waals surface area contributed by atoms with E-state index in [-0.39, 0.29) is 5.91 Å². The summed E-state index contributed by atoms with van der Waals surface area (Å²) in [5.74, 6) is -1.54. The number of hydrogen-bond acceptors (Lipinski definition) is 4. The first-order chi connectivity index (χ1) is 10.6. The number of carbonyl (C=O) groups excluding carboxylic acids is 4. The highest BCUT2D eigenvalue weighted by Crippen LogP contribution is 1.84. The highest BCUT2D eigenvalue weighted by atomic mass is 16.2. The minimum Gasteiger partial charge on any atom is -0.366 e. The third-order valence-corrected chi connectivity index (χ3v) is 1.65. The molecule has 0 heterocycles. The molecule has 23 heavy (non-hydrogen) atoms. The zero-order valence-electron chi connectivity index (χ0n) is 13.4. The van der Waals surface area contributed by atoms with Crippen LogP contribution in [0, 0.1) is 0 Å². The van der Waals surface area contributed by atoms with Gasteiger partial charge in [0, 0.05) is 14.1 Å². The molecule has 0 atom stereocenters. The molecule has 6 N–H and O–H groups in total. The van der Waals surface area contributed by atoms with Crippen LogP contribution in [0.5, 0.6) is 0 Å². The number of hydrogen-bond donors (Lipinski definition) is 3. The summed E-state index contributed by atoms with van der Waals surface area (Å²) in [5.41, 5.74) is 14.1. The molecule has 4 amide bonds. The van der Waals surface area contributed by atoms with E-state index < -0.39 is 17.7 Å². The Labute approximate surface area is 136 Å². The molecule has 0 aliphatic rings. The lowest BCUT2D eigenvalue weighted by Crippen LogP contribution is -2.18. The van der Waals surface area contributed by atoms with E-state index in [4.69, 9.17) is 11.5 Å².